The van der Waals surface area contributed by atoms with E-state index in [1.54, 1.807) is 6.08 Å². The van der Waals surface area contributed by atoms with Gasteiger partial charge in [0.1, 0.15) is 6.10 Å². The van der Waals surface area contributed by atoms with Crippen LogP contribution in [-0.4, -0.2) is 5.97 Å². The molecule has 2 nitrogen and oxygen atoms in total. The van der Waals surface area contributed by atoms with Gasteiger partial charge in [-0.2, -0.15) is 0 Å². The topological polar surface area (TPSA) is 26.3 Å². The van der Waals surface area contributed by atoms with Crippen molar-refractivity contribution in [2.45, 2.75) is 33.3 Å². The third-order valence-corrected chi connectivity index (χ3v) is 2.54. The number of carbonyl (C=O) groups is 1. The van der Waals surface area contributed by atoms with E-state index in [1.165, 1.54) is 0 Å². The molecule has 0 radical (unpaired) electrons. The van der Waals surface area contributed by atoms with E-state index in [9.17, 15) is 4.79 Å². The molecule has 1 aromatic carbocycles. The number of allylic oxidation sites excluding steroid dienone is 1. The Kier molecular flexibility index (Phi) is 4.77. The molecule has 0 heterocycles. The fourth-order valence-electron chi connectivity index (χ4n) is 1.49. The molecule has 0 saturated heterocycles. The highest BCUT2D eigenvalue weighted by molar-refractivity contribution is 5.88. The van der Waals surface area contributed by atoms with Crippen molar-refractivity contribution in [2.24, 2.45) is 0 Å². The summed E-state index contributed by atoms with van der Waals surface area (Å²) >= 11 is 0. The van der Waals surface area contributed by atoms with Crippen LogP contribution in [0.2, 0.25) is 0 Å². The quantitative estimate of drug-likeness (QED) is 0.569. The lowest BCUT2D eigenvalue weighted by Crippen LogP contribution is -2.10. The van der Waals surface area contributed by atoms with E-state index in [2.05, 4.69) is 0 Å². The van der Waals surface area contributed by atoms with Gasteiger partial charge in [-0.25, -0.2) is 4.79 Å². The van der Waals surface area contributed by atoms with E-state index >= 15 is 0 Å². The minimum Gasteiger partial charge on any atom is -0.454 e. The van der Waals surface area contributed by atoms with E-state index in [0.29, 0.717) is 6.42 Å². The minimum atomic E-state index is -0.221. The first kappa shape index (κ1) is 12.5. The molecule has 0 amide bonds. The van der Waals surface area contributed by atoms with Gasteiger partial charge in [0.15, 0.2) is 0 Å². The summed E-state index contributed by atoms with van der Waals surface area (Å²) in [4.78, 5) is 11.7. The molecular formula is C14H18O2. The molecule has 1 atom stereocenters. The Morgan fingerprint density at radius 3 is 2.50 bits per heavy atom. The predicted molar refractivity (Wildman–Crippen MR) is 65.0 cm³/mol. The summed E-state index contributed by atoms with van der Waals surface area (Å²) in [5, 5.41) is 0. The first-order valence-electron chi connectivity index (χ1n) is 5.60. The van der Waals surface area contributed by atoms with Gasteiger partial charge in [0, 0.05) is 5.57 Å². The summed E-state index contributed by atoms with van der Waals surface area (Å²) < 4.78 is 5.37. The first-order valence-corrected chi connectivity index (χ1v) is 5.60. The highest BCUT2D eigenvalue weighted by Gasteiger charge is 2.13. The average molecular weight is 218 g/mol. The lowest BCUT2D eigenvalue weighted by atomic mass is 10.1. The molecule has 0 aromatic heterocycles. The second-order valence-electron chi connectivity index (χ2n) is 3.63. The minimum absolute atomic E-state index is 0.199. The van der Waals surface area contributed by atoms with Crippen LogP contribution in [-0.2, 0) is 9.53 Å². The van der Waals surface area contributed by atoms with Crippen LogP contribution >= 0.6 is 0 Å². The molecule has 0 aliphatic rings. The largest absolute Gasteiger partial charge is 0.454 e. The van der Waals surface area contributed by atoms with Crippen molar-refractivity contribution in [2.75, 3.05) is 0 Å². The highest BCUT2D eigenvalue weighted by Crippen LogP contribution is 2.18. The number of hydrogen-bond donors (Lipinski definition) is 0. The highest BCUT2D eigenvalue weighted by atomic mass is 16.5. The Labute approximate surface area is 96.9 Å². The second kappa shape index (κ2) is 6.11. The Morgan fingerprint density at radius 1 is 1.38 bits per heavy atom. The van der Waals surface area contributed by atoms with Crippen LogP contribution in [0.15, 0.2) is 42.0 Å². The summed E-state index contributed by atoms with van der Waals surface area (Å²) in [7, 11) is 0. The van der Waals surface area contributed by atoms with Gasteiger partial charge in [-0.3, -0.25) is 0 Å². The van der Waals surface area contributed by atoms with Crippen molar-refractivity contribution in [3.05, 3.63) is 47.5 Å². The monoisotopic (exact) mass is 218 g/mol. The molecule has 2 heteroatoms. The van der Waals surface area contributed by atoms with Gasteiger partial charge in [0.05, 0.1) is 0 Å². The van der Waals surface area contributed by atoms with E-state index in [0.717, 1.165) is 11.1 Å². The lowest BCUT2D eigenvalue weighted by Gasteiger charge is -2.14. The van der Waals surface area contributed by atoms with Gasteiger partial charge >= 0.3 is 5.97 Å². The van der Waals surface area contributed by atoms with Crippen LogP contribution in [0, 0.1) is 0 Å². The molecule has 0 bridgehead atoms. The Hall–Kier alpha value is -1.57. The SMILES string of the molecule is CC=C(CC)C(=O)OC(C)c1ccccc1. The van der Waals surface area contributed by atoms with Gasteiger partial charge in [-0.05, 0) is 25.8 Å². The zero-order chi connectivity index (χ0) is 12.0. The maximum Gasteiger partial charge on any atom is 0.334 e. The zero-order valence-corrected chi connectivity index (χ0v) is 10.1. The van der Waals surface area contributed by atoms with Gasteiger partial charge in [0.25, 0.3) is 0 Å². The third-order valence-electron chi connectivity index (χ3n) is 2.54. The van der Waals surface area contributed by atoms with Crippen LogP contribution in [0.4, 0.5) is 0 Å². The van der Waals surface area contributed by atoms with Crippen molar-refractivity contribution in [3.8, 4) is 0 Å². The van der Waals surface area contributed by atoms with Crippen LogP contribution < -0.4 is 0 Å². The van der Waals surface area contributed by atoms with Gasteiger partial charge in [-0.15, -0.1) is 0 Å². The normalized spacial score (nSPS) is 13.3. The molecule has 0 spiro atoms. The number of ether oxygens (including phenoxy) is 1. The van der Waals surface area contributed by atoms with E-state index in [1.807, 2.05) is 51.1 Å². The van der Waals surface area contributed by atoms with Crippen molar-refractivity contribution in [3.63, 3.8) is 0 Å². The van der Waals surface area contributed by atoms with Crippen LogP contribution in [0.1, 0.15) is 38.9 Å². The average Bonchev–Trinajstić information content (AvgIpc) is 2.31. The second-order valence-corrected chi connectivity index (χ2v) is 3.63. The molecule has 0 saturated carbocycles. The first-order chi connectivity index (χ1) is 7.69. The number of rotatable bonds is 4. The molecular weight excluding hydrogens is 200 g/mol. The molecule has 86 valence electrons. The number of hydrogen-bond acceptors (Lipinski definition) is 2. The fourth-order valence-corrected chi connectivity index (χ4v) is 1.49. The van der Waals surface area contributed by atoms with Gasteiger partial charge in [-0.1, -0.05) is 43.3 Å². The van der Waals surface area contributed by atoms with Gasteiger partial charge < -0.3 is 4.74 Å². The van der Waals surface area contributed by atoms with E-state index < -0.39 is 0 Å². The molecule has 1 unspecified atom stereocenters. The summed E-state index contributed by atoms with van der Waals surface area (Å²) in [5.41, 5.74) is 1.74. The fraction of sp³-hybridized carbons (Fsp3) is 0.357. The standard InChI is InChI=1S/C14H18O2/c1-4-12(5-2)14(15)16-11(3)13-9-7-6-8-10-13/h4,6-11H,5H2,1-3H3. The number of benzene rings is 1. The van der Waals surface area contributed by atoms with E-state index in [-0.39, 0.29) is 12.1 Å². The van der Waals surface area contributed by atoms with Crippen molar-refractivity contribution < 1.29 is 9.53 Å². The maximum atomic E-state index is 11.7. The molecule has 1 aromatic rings. The third kappa shape index (κ3) is 3.23. The molecule has 0 aliphatic carbocycles. The van der Waals surface area contributed by atoms with Crippen LogP contribution in [0.3, 0.4) is 0 Å². The summed E-state index contributed by atoms with van der Waals surface area (Å²) in [6.45, 7) is 5.69. The lowest BCUT2D eigenvalue weighted by molar-refractivity contribution is -0.144. The van der Waals surface area contributed by atoms with Gasteiger partial charge in [0.2, 0.25) is 0 Å². The summed E-state index contributed by atoms with van der Waals surface area (Å²) in [6, 6.07) is 9.74. The molecule has 0 fully saturated rings. The van der Waals surface area contributed by atoms with Crippen LogP contribution in [0.25, 0.3) is 0 Å². The Morgan fingerprint density at radius 2 is 2.00 bits per heavy atom. The van der Waals surface area contributed by atoms with Crippen molar-refractivity contribution in [1.82, 2.24) is 0 Å². The summed E-state index contributed by atoms with van der Waals surface area (Å²) in [6.07, 6.45) is 2.31. The molecule has 0 N–H and O–H groups in total. The number of esters is 1. The zero-order valence-electron chi connectivity index (χ0n) is 10.1. The Balaban J connectivity index is 2.65. The molecule has 16 heavy (non-hydrogen) atoms. The predicted octanol–water partition coefficient (Wildman–Crippen LogP) is 3.65. The number of carbonyl (C=O) groups excluding carboxylic acids is 1. The van der Waals surface area contributed by atoms with Crippen molar-refractivity contribution >= 4 is 5.97 Å². The van der Waals surface area contributed by atoms with E-state index in [4.69, 9.17) is 4.74 Å². The van der Waals surface area contributed by atoms with Crippen molar-refractivity contribution in [1.29, 1.82) is 0 Å². The summed E-state index contributed by atoms with van der Waals surface area (Å²) in [5.74, 6) is -0.221. The smallest absolute Gasteiger partial charge is 0.334 e. The Bertz CT molecular complexity index is 366. The molecule has 0 aliphatic heterocycles. The maximum absolute atomic E-state index is 11.7. The van der Waals surface area contributed by atoms with Crippen LogP contribution in [0.5, 0.6) is 0 Å². The molecule has 1 rings (SSSR count).